The van der Waals surface area contributed by atoms with Gasteiger partial charge < -0.3 is 15.5 Å². The van der Waals surface area contributed by atoms with Crippen LogP contribution in [0.15, 0.2) is 24.3 Å². The Labute approximate surface area is 177 Å². The van der Waals surface area contributed by atoms with Crippen molar-refractivity contribution in [1.82, 2.24) is 14.5 Å². The van der Waals surface area contributed by atoms with Crippen molar-refractivity contribution >= 4 is 39.4 Å². The normalized spacial score (nSPS) is 14.7. The number of carbonyl (C=O) groups is 2. The molecule has 1 fully saturated rings. The largest absolute Gasteiger partial charge is 0.341 e. The van der Waals surface area contributed by atoms with E-state index in [0.717, 1.165) is 30.2 Å². The Bertz CT molecular complexity index is 778. The van der Waals surface area contributed by atoms with Crippen LogP contribution >= 0.6 is 11.8 Å². The fourth-order valence-electron chi connectivity index (χ4n) is 2.84. The summed E-state index contributed by atoms with van der Waals surface area (Å²) in [4.78, 5) is 26.2. The Morgan fingerprint density at radius 3 is 2.45 bits per heavy atom. The van der Waals surface area contributed by atoms with Crippen LogP contribution in [0.2, 0.25) is 0 Å². The first-order chi connectivity index (χ1) is 13.8. The first-order valence-corrected chi connectivity index (χ1v) is 12.5. The number of urea groups is 1. The molecule has 0 aliphatic carbocycles. The zero-order valence-electron chi connectivity index (χ0n) is 17.0. The maximum atomic E-state index is 12.3. The number of nitrogens with one attached hydrogen (secondary N) is 2. The van der Waals surface area contributed by atoms with Crippen molar-refractivity contribution < 1.29 is 18.0 Å². The summed E-state index contributed by atoms with van der Waals surface area (Å²) in [5.41, 5.74) is 1.55. The Balaban J connectivity index is 1.70. The number of anilines is 1. The van der Waals surface area contributed by atoms with E-state index in [1.807, 2.05) is 28.8 Å². The molecule has 2 N–H and O–H groups in total. The van der Waals surface area contributed by atoms with Gasteiger partial charge in [0, 0.05) is 50.4 Å². The number of carbonyl (C=O) groups excluding carboxylic acids is 2. The van der Waals surface area contributed by atoms with E-state index in [-0.39, 0.29) is 17.7 Å². The van der Waals surface area contributed by atoms with E-state index in [1.165, 1.54) is 11.4 Å². The molecule has 0 atom stereocenters. The van der Waals surface area contributed by atoms with Crippen LogP contribution in [0.1, 0.15) is 18.9 Å². The quantitative estimate of drug-likeness (QED) is 0.566. The van der Waals surface area contributed by atoms with Gasteiger partial charge in [-0.25, -0.2) is 17.5 Å². The summed E-state index contributed by atoms with van der Waals surface area (Å²) in [6.07, 6.45) is 0.893. The lowest BCUT2D eigenvalue weighted by molar-refractivity contribution is -0.130. The Kier molecular flexibility index (Phi) is 9.25. The van der Waals surface area contributed by atoms with Gasteiger partial charge in [-0.1, -0.05) is 12.1 Å². The minimum absolute atomic E-state index is 0.0656. The van der Waals surface area contributed by atoms with Gasteiger partial charge in [-0.3, -0.25) is 4.79 Å². The van der Waals surface area contributed by atoms with Crippen LogP contribution in [0.3, 0.4) is 0 Å². The highest BCUT2D eigenvalue weighted by Gasteiger charge is 2.17. The molecule has 2 rings (SSSR count). The smallest absolute Gasteiger partial charge is 0.319 e. The molecule has 1 saturated heterocycles. The van der Waals surface area contributed by atoms with Crippen molar-refractivity contribution in [3.8, 4) is 0 Å². The van der Waals surface area contributed by atoms with Crippen LogP contribution in [0.5, 0.6) is 0 Å². The highest BCUT2D eigenvalue weighted by Crippen LogP contribution is 2.14. The molecule has 0 aromatic heterocycles. The number of sulfonamides is 1. The second-order valence-electron chi connectivity index (χ2n) is 6.82. The number of hydrogen-bond donors (Lipinski definition) is 2. The molecule has 10 heteroatoms. The van der Waals surface area contributed by atoms with E-state index in [0.29, 0.717) is 31.6 Å². The number of nitrogens with zero attached hydrogens (tertiary/aromatic N) is 2. The van der Waals surface area contributed by atoms with Gasteiger partial charge >= 0.3 is 6.03 Å². The third-order valence-electron chi connectivity index (χ3n) is 4.71. The predicted molar refractivity (Wildman–Crippen MR) is 118 cm³/mol. The van der Waals surface area contributed by atoms with Gasteiger partial charge in [-0.15, -0.1) is 0 Å². The first-order valence-electron chi connectivity index (χ1n) is 9.75. The molecule has 29 heavy (non-hydrogen) atoms. The zero-order valence-corrected chi connectivity index (χ0v) is 18.7. The minimum atomic E-state index is -3.19. The molecule has 3 amide bonds. The lowest BCUT2D eigenvalue weighted by atomic mass is 10.1. The van der Waals surface area contributed by atoms with Gasteiger partial charge in [0.15, 0.2) is 0 Å². The number of hydrogen-bond acceptors (Lipinski definition) is 5. The highest BCUT2D eigenvalue weighted by atomic mass is 32.2. The summed E-state index contributed by atoms with van der Waals surface area (Å²) >= 11 is 1.87. The van der Waals surface area contributed by atoms with E-state index in [2.05, 4.69) is 10.6 Å². The molecule has 162 valence electrons. The molecule has 0 radical (unpaired) electrons. The molecule has 0 saturated carbocycles. The van der Waals surface area contributed by atoms with Crippen molar-refractivity contribution in [3.05, 3.63) is 29.8 Å². The summed E-state index contributed by atoms with van der Waals surface area (Å²) in [5, 5.41) is 5.45. The molecular weight excluding hydrogens is 412 g/mol. The first kappa shape index (κ1) is 23.5. The molecule has 1 aliphatic heterocycles. The molecule has 1 heterocycles. The second kappa shape index (κ2) is 11.4. The fraction of sp³-hybridized carbons (Fsp3) is 0.579. The van der Waals surface area contributed by atoms with Crippen molar-refractivity contribution in [1.29, 1.82) is 0 Å². The van der Waals surface area contributed by atoms with Crippen LogP contribution in [0, 0.1) is 0 Å². The maximum Gasteiger partial charge on any atom is 0.319 e. The van der Waals surface area contributed by atoms with E-state index in [9.17, 15) is 18.0 Å². The number of amides is 3. The van der Waals surface area contributed by atoms with Gasteiger partial charge in [0.25, 0.3) is 0 Å². The molecule has 1 aliphatic rings. The lowest BCUT2D eigenvalue weighted by Gasteiger charge is -2.26. The van der Waals surface area contributed by atoms with Crippen LogP contribution in [-0.4, -0.2) is 80.0 Å². The van der Waals surface area contributed by atoms with E-state index in [4.69, 9.17) is 0 Å². The number of benzene rings is 1. The topological polar surface area (TPSA) is 98.8 Å². The Morgan fingerprint density at radius 1 is 1.17 bits per heavy atom. The second-order valence-corrected chi connectivity index (χ2v) is 10.4. The standard InChI is InChI=1S/C19H30N4O4S2/c1-3-29(26,27)22(2)10-4-9-20-19(25)21-17-7-5-16(6-8-17)15-18(24)23-11-13-28-14-12-23/h5-8H,3-4,9-15H2,1-2H3,(H2,20,21,25). The van der Waals surface area contributed by atoms with Crippen LogP contribution in [0.25, 0.3) is 0 Å². The van der Waals surface area contributed by atoms with Gasteiger partial charge in [0.1, 0.15) is 0 Å². The molecule has 1 aromatic rings. The van der Waals surface area contributed by atoms with Gasteiger partial charge in [-0.05, 0) is 31.0 Å². The Morgan fingerprint density at radius 2 is 1.83 bits per heavy atom. The third kappa shape index (κ3) is 7.87. The predicted octanol–water partition coefficient (Wildman–Crippen LogP) is 1.60. The summed E-state index contributed by atoms with van der Waals surface area (Å²) in [6, 6.07) is 6.89. The van der Waals surface area contributed by atoms with E-state index < -0.39 is 10.0 Å². The summed E-state index contributed by atoms with van der Waals surface area (Å²) in [5.74, 6) is 2.19. The van der Waals surface area contributed by atoms with E-state index >= 15 is 0 Å². The van der Waals surface area contributed by atoms with Crippen LogP contribution < -0.4 is 10.6 Å². The van der Waals surface area contributed by atoms with Crippen LogP contribution in [-0.2, 0) is 21.2 Å². The van der Waals surface area contributed by atoms with Crippen molar-refractivity contribution in [2.24, 2.45) is 0 Å². The van der Waals surface area contributed by atoms with Crippen molar-refractivity contribution in [2.45, 2.75) is 19.8 Å². The minimum Gasteiger partial charge on any atom is -0.341 e. The van der Waals surface area contributed by atoms with Crippen LogP contribution in [0.4, 0.5) is 10.5 Å². The zero-order chi connectivity index (χ0) is 21.3. The average molecular weight is 443 g/mol. The molecular formula is C19H30N4O4S2. The molecule has 0 bridgehead atoms. The lowest BCUT2D eigenvalue weighted by Crippen LogP contribution is -2.38. The molecule has 1 aromatic carbocycles. The highest BCUT2D eigenvalue weighted by molar-refractivity contribution is 7.99. The van der Waals surface area contributed by atoms with Crippen molar-refractivity contribution in [3.63, 3.8) is 0 Å². The molecule has 8 nitrogen and oxygen atoms in total. The Hall–Kier alpha value is -1.78. The maximum absolute atomic E-state index is 12.3. The van der Waals surface area contributed by atoms with Gasteiger partial charge in [-0.2, -0.15) is 11.8 Å². The van der Waals surface area contributed by atoms with Gasteiger partial charge in [0.05, 0.1) is 12.2 Å². The van der Waals surface area contributed by atoms with Crippen molar-refractivity contribution in [2.75, 3.05) is 55.8 Å². The monoisotopic (exact) mass is 442 g/mol. The fourth-order valence-corrected chi connectivity index (χ4v) is 4.59. The summed E-state index contributed by atoms with van der Waals surface area (Å²) < 4.78 is 24.6. The molecule has 0 spiro atoms. The molecule has 0 unspecified atom stereocenters. The number of rotatable bonds is 9. The SMILES string of the molecule is CCS(=O)(=O)N(C)CCCNC(=O)Nc1ccc(CC(=O)N2CCSCC2)cc1. The summed E-state index contributed by atoms with van der Waals surface area (Å²) in [7, 11) is -1.65. The van der Waals surface area contributed by atoms with Gasteiger partial charge in [0.2, 0.25) is 15.9 Å². The summed E-state index contributed by atoms with van der Waals surface area (Å²) in [6.45, 7) is 3.95. The third-order valence-corrected chi connectivity index (χ3v) is 7.51. The van der Waals surface area contributed by atoms with E-state index in [1.54, 1.807) is 19.1 Å². The average Bonchev–Trinajstić information content (AvgIpc) is 2.73. The number of thioether (sulfide) groups is 1.